The minimum Gasteiger partial charge on any atom is -0.462 e. The Morgan fingerprint density at radius 2 is 1.97 bits per heavy atom. The molecule has 12 heteroatoms. The number of ether oxygens (including phenoxy) is 1. The van der Waals surface area contributed by atoms with E-state index >= 15 is 0 Å². The second kappa shape index (κ2) is 9.67. The lowest BCUT2D eigenvalue weighted by Gasteiger charge is -2.15. The van der Waals surface area contributed by atoms with Gasteiger partial charge in [-0.2, -0.15) is 0 Å². The van der Waals surface area contributed by atoms with Crippen molar-refractivity contribution in [2.45, 2.75) is 11.8 Å². The highest BCUT2D eigenvalue weighted by Crippen LogP contribution is 2.31. The van der Waals surface area contributed by atoms with Gasteiger partial charge in [-0.15, -0.1) is 0 Å². The highest BCUT2D eigenvalue weighted by atomic mass is 79.9. The number of nitrogens with one attached hydrogen (secondary N) is 2. The molecule has 156 valence electrons. The summed E-state index contributed by atoms with van der Waals surface area (Å²) in [5.74, 6) is -0.598. The summed E-state index contributed by atoms with van der Waals surface area (Å²) in [6.07, 6.45) is 0. The number of carbonyl (C=O) groups is 1. The van der Waals surface area contributed by atoms with Crippen LogP contribution in [0.5, 0.6) is 0 Å². The minimum absolute atomic E-state index is 0.0611. The van der Waals surface area contributed by atoms with Gasteiger partial charge in [-0.05, 0) is 47.1 Å². The highest BCUT2D eigenvalue weighted by molar-refractivity contribution is 9.10. The molecule has 0 aromatic heterocycles. The van der Waals surface area contributed by atoms with Gasteiger partial charge >= 0.3 is 5.97 Å². The second-order valence-corrected chi connectivity index (χ2v) is 8.11. The van der Waals surface area contributed by atoms with Crippen LogP contribution in [-0.2, 0) is 14.8 Å². The number of aliphatic hydroxyl groups is 1. The molecule has 0 saturated heterocycles. The normalized spacial score (nSPS) is 11.0. The topological polar surface area (TPSA) is 148 Å². The van der Waals surface area contributed by atoms with Crippen LogP contribution in [0, 0.1) is 10.1 Å². The molecule has 0 amide bonds. The zero-order chi connectivity index (χ0) is 21.6. The summed E-state index contributed by atoms with van der Waals surface area (Å²) in [5, 5.41) is 22.8. The van der Waals surface area contributed by atoms with Crippen LogP contribution >= 0.6 is 15.9 Å². The van der Waals surface area contributed by atoms with E-state index < -0.39 is 20.9 Å². The van der Waals surface area contributed by atoms with E-state index in [0.717, 1.165) is 6.07 Å². The molecule has 2 aromatic rings. The molecule has 0 unspecified atom stereocenters. The van der Waals surface area contributed by atoms with Crippen LogP contribution in [0.3, 0.4) is 0 Å². The molecule has 0 spiro atoms. The first-order chi connectivity index (χ1) is 13.7. The van der Waals surface area contributed by atoms with E-state index in [1.807, 2.05) is 0 Å². The second-order valence-electron chi connectivity index (χ2n) is 5.61. The number of hydrogen-bond donors (Lipinski definition) is 3. The summed E-state index contributed by atoms with van der Waals surface area (Å²) in [6, 6.07) is 7.45. The lowest BCUT2D eigenvalue weighted by molar-refractivity contribution is -0.384. The van der Waals surface area contributed by atoms with Gasteiger partial charge < -0.3 is 15.2 Å². The fraction of sp³-hybridized carbons (Fsp3) is 0.235. The third-order valence-corrected chi connectivity index (χ3v) is 5.96. The zero-order valence-corrected chi connectivity index (χ0v) is 17.6. The molecule has 0 radical (unpaired) electrons. The summed E-state index contributed by atoms with van der Waals surface area (Å²) >= 11 is 3.13. The summed E-state index contributed by atoms with van der Waals surface area (Å²) in [7, 11) is -4.16. The molecule has 2 aromatic carbocycles. The predicted molar refractivity (Wildman–Crippen MR) is 110 cm³/mol. The maximum Gasteiger partial charge on any atom is 0.338 e. The molecule has 0 bridgehead atoms. The van der Waals surface area contributed by atoms with Crippen molar-refractivity contribution in [3.05, 3.63) is 56.5 Å². The number of anilines is 2. The van der Waals surface area contributed by atoms with Crippen molar-refractivity contribution in [2.75, 3.05) is 29.8 Å². The van der Waals surface area contributed by atoms with Crippen LogP contribution in [0.1, 0.15) is 17.3 Å². The highest BCUT2D eigenvalue weighted by Gasteiger charge is 2.22. The lowest BCUT2D eigenvalue weighted by atomic mass is 10.2. The number of halogens is 1. The Labute approximate surface area is 175 Å². The standard InChI is InChI=1S/C17H18BrN3O7S/c1-2-28-17(23)11-3-6-16(13(18)9-11)29(26,27)20-15-10-12(21(24)25)4-5-14(15)19-7-8-22/h3-6,9-10,19-20,22H,2,7-8H2,1H3. The lowest BCUT2D eigenvalue weighted by Crippen LogP contribution is -2.16. The summed E-state index contributed by atoms with van der Waals surface area (Å²) in [6.45, 7) is 1.72. The molecular weight excluding hydrogens is 470 g/mol. The van der Waals surface area contributed by atoms with E-state index in [-0.39, 0.29) is 51.8 Å². The molecule has 3 N–H and O–H groups in total. The van der Waals surface area contributed by atoms with Crippen LogP contribution in [0.25, 0.3) is 0 Å². The smallest absolute Gasteiger partial charge is 0.338 e. The Morgan fingerprint density at radius 3 is 2.55 bits per heavy atom. The number of carbonyl (C=O) groups excluding carboxylic acids is 1. The number of nitrogens with zero attached hydrogens (tertiary/aromatic N) is 1. The van der Waals surface area contributed by atoms with Crippen molar-refractivity contribution < 1.29 is 28.0 Å². The van der Waals surface area contributed by atoms with Gasteiger partial charge in [0.05, 0.1) is 35.1 Å². The average Bonchev–Trinajstić information content (AvgIpc) is 2.66. The maximum absolute atomic E-state index is 12.8. The Kier molecular flexibility index (Phi) is 7.53. The number of aliphatic hydroxyl groups excluding tert-OH is 1. The molecule has 29 heavy (non-hydrogen) atoms. The number of rotatable bonds is 9. The van der Waals surface area contributed by atoms with Crippen LogP contribution in [-0.4, -0.2) is 44.2 Å². The number of benzene rings is 2. The van der Waals surface area contributed by atoms with Gasteiger partial charge in [0, 0.05) is 23.2 Å². The van der Waals surface area contributed by atoms with Gasteiger partial charge in [0.25, 0.3) is 15.7 Å². The van der Waals surface area contributed by atoms with Crippen molar-refractivity contribution in [3.63, 3.8) is 0 Å². The fourth-order valence-corrected chi connectivity index (χ4v) is 4.48. The van der Waals surface area contributed by atoms with E-state index in [9.17, 15) is 23.3 Å². The van der Waals surface area contributed by atoms with E-state index in [1.54, 1.807) is 6.92 Å². The molecule has 0 atom stereocenters. The molecule has 2 rings (SSSR count). The van der Waals surface area contributed by atoms with Crippen LogP contribution in [0.15, 0.2) is 45.8 Å². The first kappa shape index (κ1) is 22.6. The van der Waals surface area contributed by atoms with Gasteiger partial charge in [0.2, 0.25) is 0 Å². The van der Waals surface area contributed by atoms with Crippen LogP contribution < -0.4 is 10.0 Å². The quantitative estimate of drug-likeness (QED) is 0.277. The number of hydrogen-bond acceptors (Lipinski definition) is 8. The number of nitro groups is 1. The van der Waals surface area contributed by atoms with E-state index in [2.05, 4.69) is 26.0 Å². The third kappa shape index (κ3) is 5.65. The van der Waals surface area contributed by atoms with Crippen molar-refractivity contribution in [1.29, 1.82) is 0 Å². The van der Waals surface area contributed by atoms with E-state index in [0.29, 0.717) is 0 Å². The first-order valence-corrected chi connectivity index (χ1v) is 10.6. The van der Waals surface area contributed by atoms with E-state index in [4.69, 9.17) is 9.84 Å². The Balaban J connectivity index is 2.41. The van der Waals surface area contributed by atoms with E-state index in [1.165, 1.54) is 30.3 Å². The van der Waals surface area contributed by atoms with Gasteiger partial charge in [-0.3, -0.25) is 14.8 Å². The van der Waals surface area contributed by atoms with Crippen molar-refractivity contribution in [2.24, 2.45) is 0 Å². The Morgan fingerprint density at radius 1 is 1.24 bits per heavy atom. The molecule has 10 nitrogen and oxygen atoms in total. The summed E-state index contributed by atoms with van der Waals surface area (Å²) in [4.78, 5) is 22.0. The maximum atomic E-state index is 12.8. The van der Waals surface area contributed by atoms with Crippen LogP contribution in [0.2, 0.25) is 0 Å². The molecule has 0 aliphatic heterocycles. The number of non-ortho nitro benzene ring substituents is 1. The van der Waals surface area contributed by atoms with Gasteiger partial charge in [0.15, 0.2) is 0 Å². The number of sulfonamides is 1. The largest absolute Gasteiger partial charge is 0.462 e. The SMILES string of the molecule is CCOC(=O)c1ccc(S(=O)(=O)Nc2cc([N+](=O)[O-])ccc2NCCO)c(Br)c1. The Hall–Kier alpha value is -2.70. The number of nitro benzene ring substituents is 1. The van der Waals surface area contributed by atoms with Gasteiger partial charge in [0.1, 0.15) is 4.90 Å². The zero-order valence-electron chi connectivity index (χ0n) is 15.2. The molecule has 0 aliphatic carbocycles. The van der Waals surface area contributed by atoms with Crippen LogP contribution in [0.4, 0.5) is 17.1 Å². The van der Waals surface area contributed by atoms with Gasteiger partial charge in [-0.25, -0.2) is 13.2 Å². The molecule has 0 fully saturated rings. The summed E-state index contributed by atoms with van der Waals surface area (Å²) in [5.41, 5.74) is 0.0498. The fourth-order valence-electron chi connectivity index (χ4n) is 2.33. The minimum atomic E-state index is -4.16. The first-order valence-electron chi connectivity index (χ1n) is 8.32. The van der Waals surface area contributed by atoms with Crippen molar-refractivity contribution >= 4 is 49.0 Å². The Bertz CT molecular complexity index is 1030. The average molecular weight is 488 g/mol. The molecule has 0 saturated carbocycles. The van der Waals surface area contributed by atoms with Gasteiger partial charge in [-0.1, -0.05) is 0 Å². The van der Waals surface area contributed by atoms with Crippen molar-refractivity contribution in [3.8, 4) is 0 Å². The third-order valence-electron chi connectivity index (χ3n) is 3.62. The molecule has 0 heterocycles. The predicted octanol–water partition coefficient (Wildman–Crippen LogP) is 2.74. The molecule has 0 aliphatic rings. The van der Waals surface area contributed by atoms with Crippen molar-refractivity contribution in [1.82, 2.24) is 0 Å². The molecular formula is C17H18BrN3O7S. The number of esters is 1. The summed E-state index contributed by atoms with van der Waals surface area (Å²) < 4.78 is 33.0. The monoisotopic (exact) mass is 487 g/mol.